The van der Waals surface area contributed by atoms with Crippen LogP contribution in [0.15, 0.2) is 48.5 Å². The molecule has 0 bridgehead atoms. The van der Waals surface area contributed by atoms with Crippen LogP contribution >= 0.6 is 11.3 Å². The molecule has 0 saturated carbocycles. The Bertz CT molecular complexity index is 892. The van der Waals surface area contributed by atoms with E-state index >= 15 is 0 Å². The standard InChI is InChI=1S/C18H16N2O4S/c1-2-23-13-8-9-14-15(10-13)25-18(19-14)20-16(21)11-24-17(22)12-6-4-3-5-7-12/h3-10H,2,11H2,1H3,(H,19,20,21). The van der Waals surface area contributed by atoms with Gasteiger partial charge in [0, 0.05) is 0 Å². The molecule has 7 heteroatoms. The highest BCUT2D eigenvalue weighted by atomic mass is 32.1. The Labute approximate surface area is 148 Å². The van der Waals surface area contributed by atoms with E-state index in [0.29, 0.717) is 17.3 Å². The number of benzene rings is 2. The third kappa shape index (κ3) is 4.33. The predicted octanol–water partition coefficient (Wildman–Crippen LogP) is 3.49. The van der Waals surface area contributed by atoms with E-state index in [1.807, 2.05) is 25.1 Å². The second kappa shape index (κ2) is 7.76. The molecule has 1 aromatic heterocycles. The maximum absolute atomic E-state index is 11.9. The van der Waals surface area contributed by atoms with Crippen molar-refractivity contribution in [3.8, 4) is 5.75 Å². The molecule has 1 amide bonds. The number of rotatable bonds is 6. The van der Waals surface area contributed by atoms with Gasteiger partial charge in [-0.25, -0.2) is 9.78 Å². The van der Waals surface area contributed by atoms with Crippen LogP contribution in [0.2, 0.25) is 0 Å². The highest BCUT2D eigenvalue weighted by molar-refractivity contribution is 7.22. The maximum atomic E-state index is 11.9. The van der Waals surface area contributed by atoms with Crippen molar-refractivity contribution in [3.63, 3.8) is 0 Å². The Kier molecular flexibility index (Phi) is 5.25. The summed E-state index contributed by atoms with van der Waals surface area (Å²) in [5.74, 6) is -0.219. The summed E-state index contributed by atoms with van der Waals surface area (Å²) < 4.78 is 11.3. The summed E-state index contributed by atoms with van der Waals surface area (Å²) in [6, 6.07) is 14.1. The van der Waals surface area contributed by atoms with Crippen LogP contribution in [0, 0.1) is 0 Å². The molecule has 1 N–H and O–H groups in total. The van der Waals surface area contributed by atoms with Crippen molar-refractivity contribution in [1.82, 2.24) is 4.98 Å². The molecule has 0 aliphatic carbocycles. The van der Waals surface area contributed by atoms with E-state index in [2.05, 4.69) is 10.3 Å². The highest BCUT2D eigenvalue weighted by Crippen LogP contribution is 2.29. The first-order chi connectivity index (χ1) is 12.2. The van der Waals surface area contributed by atoms with Crippen molar-refractivity contribution in [2.75, 3.05) is 18.5 Å². The molecule has 0 fully saturated rings. The van der Waals surface area contributed by atoms with Crippen LogP contribution in [0.3, 0.4) is 0 Å². The number of carbonyl (C=O) groups is 2. The number of fused-ring (bicyclic) bond motifs is 1. The van der Waals surface area contributed by atoms with Gasteiger partial charge >= 0.3 is 5.97 Å². The van der Waals surface area contributed by atoms with Crippen molar-refractivity contribution < 1.29 is 19.1 Å². The van der Waals surface area contributed by atoms with Crippen molar-refractivity contribution in [2.24, 2.45) is 0 Å². The molecule has 25 heavy (non-hydrogen) atoms. The third-order valence-electron chi connectivity index (χ3n) is 3.26. The van der Waals surface area contributed by atoms with Crippen LogP contribution < -0.4 is 10.1 Å². The Balaban J connectivity index is 1.59. The van der Waals surface area contributed by atoms with E-state index in [1.54, 1.807) is 30.3 Å². The summed E-state index contributed by atoms with van der Waals surface area (Å²) in [6.45, 7) is 2.13. The first-order valence-electron chi connectivity index (χ1n) is 7.71. The minimum atomic E-state index is -0.540. The van der Waals surface area contributed by atoms with Crippen LogP contribution in [0.5, 0.6) is 5.75 Å². The van der Waals surface area contributed by atoms with Gasteiger partial charge < -0.3 is 9.47 Å². The van der Waals surface area contributed by atoms with Gasteiger partial charge in [0.15, 0.2) is 11.7 Å². The van der Waals surface area contributed by atoms with Crippen molar-refractivity contribution in [3.05, 3.63) is 54.1 Å². The molecule has 3 rings (SSSR count). The molecule has 3 aromatic rings. The predicted molar refractivity (Wildman–Crippen MR) is 96.1 cm³/mol. The van der Waals surface area contributed by atoms with E-state index in [9.17, 15) is 9.59 Å². The minimum Gasteiger partial charge on any atom is -0.494 e. The minimum absolute atomic E-state index is 0.367. The molecular weight excluding hydrogens is 340 g/mol. The van der Waals surface area contributed by atoms with E-state index in [1.165, 1.54) is 11.3 Å². The summed E-state index contributed by atoms with van der Waals surface area (Å²) in [5.41, 5.74) is 1.17. The number of thiazole rings is 1. The summed E-state index contributed by atoms with van der Waals surface area (Å²) >= 11 is 1.33. The number of hydrogen-bond donors (Lipinski definition) is 1. The molecule has 0 radical (unpaired) electrons. The van der Waals surface area contributed by atoms with Gasteiger partial charge in [0.05, 0.1) is 22.4 Å². The largest absolute Gasteiger partial charge is 0.494 e. The van der Waals surface area contributed by atoms with E-state index in [4.69, 9.17) is 9.47 Å². The summed E-state index contributed by atoms with van der Waals surface area (Å²) in [6.07, 6.45) is 0. The lowest BCUT2D eigenvalue weighted by Gasteiger charge is -2.04. The fraction of sp³-hybridized carbons (Fsp3) is 0.167. The van der Waals surface area contributed by atoms with Crippen LogP contribution in [0.25, 0.3) is 10.2 Å². The molecule has 1 heterocycles. The maximum Gasteiger partial charge on any atom is 0.338 e. The zero-order valence-corrected chi connectivity index (χ0v) is 14.3. The monoisotopic (exact) mass is 356 g/mol. The van der Waals surface area contributed by atoms with Gasteiger partial charge in [0.1, 0.15) is 5.75 Å². The average molecular weight is 356 g/mol. The molecule has 0 aliphatic rings. The van der Waals surface area contributed by atoms with Gasteiger partial charge in [0.25, 0.3) is 5.91 Å². The molecule has 128 valence electrons. The highest BCUT2D eigenvalue weighted by Gasteiger charge is 2.12. The summed E-state index contributed by atoms with van der Waals surface area (Å²) in [4.78, 5) is 28.1. The number of ether oxygens (including phenoxy) is 2. The fourth-order valence-electron chi connectivity index (χ4n) is 2.16. The lowest BCUT2D eigenvalue weighted by Crippen LogP contribution is -2.20. The molecule has 0 aliphatic heterocycles. The van der Waals surface area contributed by atoms with Crippen LogP contribution in [0.1, 0.15) is 17.3 Å². The Hall–Kier alpha value is -2.93. The SMILES string of the molecule is CCOc1ccc2nc(NC(=O)COC(=O)c3ccccc3)sc2c1. The number of nitrogens with one attached hydrogen (secondary N) is 1. The number of amides is 1. The van der Waals surface area contributed by atoms with Gasteiger partial charge in [-0.05, 0) is 37.3 Å². The number of hydrogen-bond acceptors (Lipinski definition) is 6. The van der Waals surface area contributed by atoms with Crippen molar-refractivity contribution in [2.45, 2.75) is 6.92 Å². The van der Waals surface area contributed by atoms with E-state index in [0.717, 1.165) is 16.0 Å². The zero-order chi connectivity index (χ0) is 17.6. The molecule has 2 aromatic carbocycles. The number of carbonyl (C=O) groups excluding carboxylic acids is 2. The van der Waals surface area contributed by atoms with Crippen LogP contribution in [0.4, 0.5) is 5.13 Å². The van der Waals surface area contributed by atoms with Crippen molar-refractivity contribution >= 4 is 38.6 Å². The number of esters is 1. The van der Waals surface area contributed by atoms with E-state index in [-0.39, 0.29) is 6.61 Å². The topological polar surface area (TPSA) is 77.5 Å². The summed E-state index contributed by atoms with van der Waals surface area (Å²) in [7, 11) is 0. The zero-order valence-electron chi connectivity index (χ0n) is 13.5. The number of anilines is 1. The fourth-order valence-corrected chi connectivity index (χ4v) is 3.07. The molecule has 6 nitrogen and oxygen atoms in total. The third-order valence-corrected chi connectivity index (χ3v) is 4.19. The van der Waals surface area contributed by atoms with Gasteiger partial charge in [-0.2, -0.15) is 0 Å². The lowest BCUT2D eigenvalue weighted by molar-refractivity contribution is -0.119. The first kappa shape index (κ1) is 16.9. The molecule has 0 unspecified atom stereocenters. The molecule has 0 atom stereocenters. The van der Waals surface area contributed by atoms with Gasteiger partial charge in [-0.1, -0.05) is 29.5 Å². The molecule has 0 saturated heterocycles. The van der Waals surface area contributed by atoms with Gasteiger partial charge in [0.2, 0.25) is 0 Å². The average Bonchev–Trinajstić information content (AvgIpc) is 3.02. The first-order valence-corrected chi connectivity index (χ1v) is 8.53. The number of aromatic nitrogens is 1. The Morgan fingerprint density at radius 2 is 1.96 bits per heavy atom. The normalized spacial score (nSPS) is 10.4. The Morgan fingerprint density at radius 1 is 1.16 bits per heavy atom. The second-order valence-corrected chi connectivity index (χ2v) is 6.10. The van der Waals surface area contributed by atoms with Crippen molar-refractivity contribution in [1.29, 1.82) is 0 Å². The molecular formula is C18H16N2O4S. The quantitative estimate of drug-likeness (QED) is 0.684. The lowest BCUT2D eigenvalue weighted by atomic mass is 10.2. The Morgan fingerprint density at radius 3 is 2.72 bits per heavy atom. The van der Waals surface area contributed by atoms with Gasteiger partial charge in [-0.15, -0.1) is 0 Å². The second-order valence-electron chi connectivity index (χ2n) is 5.07. The number of nitrogens with zero attached hydrogens (tertiary/aromatic N) is 1. The van der Waals surface area contributed by atoms with Crippen LogP contribution in [-0.4, -0.2) is 30.1 Å². The van der Waals surface area contributed by atoms with Gasteiger partial charge in [-0.3, -0.25) is 10.1 Å². The smallest absolute Gasteiger partial charge is 0.338 e. The summed E-state index contributed by atoms with van der Waals surface area (Å²) in [5, 5.41) is 3.09. The molecule has 0 spiro atoms. The van der Waals surface area contributed by atoms with E-state index < -0.39 is 11.9 Å². The van der Waals surface area contributed by atoms with Crippen LogP contribution in [-0.2, 0) is 9.53 Å².